The van der Waals surface area contributed by atoms with E-state index in [0.717, 1.165) is 23.4 Å². The molecule has 4 aliphatic heterocycles. The number of hydrogen-bond donors (Lipinski definition) is 3. The number of nitrogens with zero attached hydrogens (tertiary/aromatic N) is 2. The van der Waals surface area contributed by atoms with Gasteiger partial charge in [-0.2, -0.15) is 5.23 Å². The van der Waals surface area contributed by atoms with Gasteiger partial charge in [-0.3, -0.25) is 14.4 Å². The van der Waals surface area contributed by atoms with Crippen molar-refractivity contribution in [2.75, 3.05) is 18.0 Å². The molecule has 6 rings (SSSR count). The highest BCUT2D eigenvalue weighted by atomic mass is 16.8. The number of esters is 1. The first-order chi connectivity index (χ1) is 21.7. The zero-order chi connectivity index (χ0) is 33.0. The number of quaternary nitrogens is 1. The number of carbonyl (C=O) groups excluding carboxylic acids is 2. The molecule has 0 radical (unpaired) electrons. The molecule has 2 aromatic rings. The van der Waals surface area contributed by atoms with Gasteiger partial charge in [0.05, 0.1) is 24.5 Å². The van der Waals surface area contributed by atoms with E-state index in [-0.39, 0.29) is 59.6 Å². The minimum absolute atomic E-state index is 0.0201. The summed E-state index contributed by atoms with van der Waals surface area (Å²) in [5, 5.41) is 23.7. The molecule has 12 heteroatoms. The average molecular weight is 639 g/mol. The van der Waals surface area contributed by atoms with Crippen LogP contribution in [0.5, 0.6) is 0 Å². The second kappa shape index (κ2) is 12.4. The van der Waals surface area contributed by atoms with Gasteiger partial charge in [-0.25, -0.2) is 5.21 Å². The van der Waals surface area contributed by atoms with E-state index in [0.29, 0.717) is 38.9 Å². The minimum Gasteiger partial charge on any atom is -0.595 e. The van der Waals surface area contributed by atoms with Gasteiger partial charge in [-0.1, -0.05) is 6.07 Å². The third-order valence-corrected chi connectivity index (χ3v) is 9.60. The Kier molecular flexibility index (Phi) is 8.79. The summed E-state index contributed by atoms with van der Waals surface area (Å²) in [6, 6.07) is 10.5. The molecule has 2 saturated heterocycles. The number of amides is 1. The lowest BCUT2D eigenvalue weighted by Crippen LogP contribution is -2.99. The maximum Gasteiger partial charge on any atom is 0.308 e. The Hall–Kier alpha value is -3.29. The number of carbonyl (C=O) groups is 2. The Labute approximate surface area is 269 Å². The Balaban J connectivity index is 1.17. The lowest BCUT2D eigenvalue weighted by atomic mass is 9.70. The molecule has 2 bridgehead atoms. The van der Waals surface area contributed by atoms with Crippen molar-refractivity contribution < 1.29 is 34.2 Å². The Morgan fingerprint density at radius 1 is 1.13 bits per heavy atom. The number of aromatic nitrogens is 1. The van der Waals surface area contributed by atoms with Gasteiger partial charge >= 0.3 is 5.97 Å². The molecule has 250 valence electrons. The quantitative estimate of drug-likeness (QED) is 0.308. The van der Waals surface area contributed by atoms with Crippen LogP contribution >= 0.6 is 0 Å². The number of piperidine rings is 1. The summed E-state index contributed by atoms with van der Waals surface area (Å²) in [5.41, 5.74) is 2.43. The fourth-order valence-electron chi connectivity index (χ4n) is 8.06. The number of fused-ring (bicyclic) bond motifs is 8. The van der Waals surface area contributed by atoms with Crippen molar-refractivity contribution in [3.05, 3.63) is 63.2 Å². The summed E-state index contributed by atoms with van der Waals surface area (Å²) in [5.74, 6) is -1.50. The predicted molar refractivity (Wildman–Crippen MR) is 169 cm³/mol. The maximum atomic E-state index is 14.0. The van der Waals surface area contributed by atoms with Crippen molar-refractivity contribution in [1.82, 2.24) is 9.88 Å². The number of hydrogen-bond acceptors (Lipinski definition) is 9. The number of nitrogens with one attached hydrogen (secondary N) is 2. The Morgan fingerprint density at radius 2 is 1.89 bits per heavy atom. The van der Waals surface area contributed by atoms with Gasteiger partial charge in [0.15, 0.2) is 11.5 Å². The largest absolute Gasteiger partial charge is 0.595 e. The highest BCUT2D eigenvalue weighted by Crippen LogP contribution is 2.47. The smallest absolute Gasteiger partial charge is 0.308 e. The summed E-state index contributed by atoms with van der Waals surface area (Å²) < 4.78 is 19.5. The van der Waals surface area contributed by atoms with E-state index in [1.807, 2.05) is 57.4 Å². The van der Waals surface area contributed by atoms with E-state index in [1.165, 1.54) is 0 Å². The van der Waals surface area contributed by atoms with Gasteiger partial charge in [0.25, 0.3) is 5.56 Å². The fourth-order valence-corrected chi connectivity index (χ4v) is 8.06. The van der Waals surface area contributed by atoms with Crippen LogP contribution in [-0.2, 0) is 36.8 Å². The van der Waals surface area contributed by atoms with Crippen LogP contribution in [0.1, 0.15) is 77.5 Å². The summed E-state index contributed by atoms with van der Waals surface area (Å²) in [6.07, 6.45) is 1.88. The standard InChI is InChI=1S/C34H46N4O8/c1-33(2,3)46-30(40)17-25-16-24(44-34(4,5)45-25)11-12-35-32(41)26-15-20-14-23(38(42)43)9-10-28(20)37-18-21-13-22(31(26)37)19-36-27(21)7-6-8-29(36)39/h6-10,14,21-22,24-26,31,38,42H,11-13,15-19H2,1-5H3,(H,35,41). The van der Waals surface area contributed by atoms with Crippen molar-refractivity contribution in [3.8, 4) is 0 Å². The van der Waals surface area contributed by atoms with Gasteiger partial charge in [-0.05, 0) is 77.5 Å². The lowest BCUT2D eigenvalue weighted by Gasteiger charge is -2.54. The molecular formula is C34H46N4O8. The first kappa shape index (κ1) is 32.6. The van der Waals surface area contributed by atoms with Crippen LogP contribution in [0, 0.1) is 17.0 Å². The van der Waals surface area contributed by atoms with Crippen molar-refractivity contribution in [2.24, 2.45) is 11.8 Å². The second-order valence-corrected chi connectivity index (χ2v) is 14.7. The topological polar surface area (TPSA) is 147 Å². The molecule has 2 fully saturated rings. The van der Waals surface area contributed by atoms with Gasteiger partial charge in [0.2, 0.25) is 5.91 Å². The molecule has 5 heterocycles. The molecular weight excluding hydrogens is 592 g/mol. The summed E-state index contributed by atoms with van der Waals surface area (Å²) in [7, 11) is 0. The number of ether oxygens (including phenoxy) is 3. The molecule has 1 aromatic heterocycles. The lowest BCUT2D eigenvalue weighted by molar-refractivity contribution is -0.991. The number of rotatable bonds is 7. The zero-order valence-electron chi connectivity index (χ0n) is 27.3. The molecule has 0 saturated carbocycles. The molecule has 1 aromatic carbocycles. The van der Waals surface area contributed by atoms with E-state index in [4.69, 9.17) is 14.2 Å². The monoisotopic (exact) mass is 638 g/mol. The van der Waals surface area contributed by atoms with Gasteiger partial charge in [0.1, 0.15) is 5.60 Å². The maximum absolute atomic E-state index is 14.0. The molecule has 0 aliphatic carbocycles. The zero-order valence-corrected chi connectivity index (χ0v) is 27.3. The van der Waals surface area contributed by atoms with Crippen LogP contribution < -0.4 is 21.0 Å². The Bertz CT molecular complexity index is 1530. The molecule has 46 heavy (non-hydrogen) atoms. The van der Waals surface area contributed by atoms with Crippen LogP contribution in [0.3, 0.4) is 0 Å². The highest BCUT2D eigenvalue weighted by molar-refractivity contribution is 5.82. The summed E-state index contributed by atoms with van der Waals surface area (Å²) >= 11 is 0. The van der Waals surface area contributed by atoms with Crippen molar-refractivity contribution in [2.45, 2.75) is 109 Å². The number of pyridine rings is 1. The molecule has 12 nitrogen and oxygen atoms in total. The fraction of sp³-hybridized carbons (Fsp3) is 0.618. The first-order valence-electron chi connectivity index (χ1n) is 16.4. The molecule has 3 N–H and O–H groups in total. The van der Waals surface area contributed by atoms with E-state index < -0.39 is 22.5 Å². The van der Waals surface area contributed by atoms with Crippen LogP contribution in [0.4, 0.5) is 11.4 Å². The molecule has 0 spiro atoms. The number of benzene rings is 1. The molecule has 7 unspecified atom stereocenters. The third kappa shape index (κ3) is 6.86. The van der Waals surface area contributed by atoms with Crippen molar-refractivity contribution >= 4 is 23.3 Å². The normalized spacial score (nSPS) is 28.7. The first-order valence-corrected chi connectivity index (χ1v) is 16.4. The predicted octanol–water partition coefficient (Wildman–Crippen LogP) is 2.56. The van der Waals surface area contributed by atoms with E-state index in [2.05, 4.69) is 10.2 Å². The van der Waals surface area contributed by atoms with Crippen molar-refractivity contribution in [3.63, 3.8) is 0 Å². The number of anilines is 1. The second-order valence-electron chi connectivity index (χ2n) is 14.7. The van der Waals surface area contributed by atoms with E-state index >= 15 is 0 Å². The molecule has 4 aliphatic rings. The van der Waals surface area contributed by atoms with Crippen LogP contribution in [0.25, 0.3) is 0 Å². The summed E-state index contributed by atoms with van der Waals surface area (Å²) in [6.45, 7) is 10.7. The van der Waals surface area contributed by atoms with E-state index in [9.17, 15) is 24.8 Å². The third-order valence-electron chi connectivity index (χ3n) is 9.60. The summed E-state index contributed by atoms with van der Waals surface area (Å²) in [4.78, 5) is 41.6. The van der Waals surface area contributed by atoms with Gasteiger partial charge in [0, 0.05) is 67.6 Å². The van der Waals surface area contributed by atoms with Crippen LogP contribution in [0.2, 0.25) is 0 Å². The van der Waals surface area contributed by atoms with Crippen LogP contribution in [-0.4, -0.2) is 64.4 Å². The highest BCUT2D eigenvalue weighted by Gasteiger charge is 2.49. The SMILES string of the molecule is CC(C)(C)OC(=O)CC1CC(CCNC(=O)C2Cc3cc([NH+]([O-])O)ccc3N3CC4CC(Cn5c4cccc5=O)C23)OC(C)(C)O1. The van der Waals surface area contributed by atoms with Gasteiger partial charge in [-0.15, -0.1) is 0 Å². The minimum atomic E-state index is -1.00. The van der Waals surface area contributed by atoms with Crippen molar-refractivity contribution in [1.29, 1.82) is 0 Å². The average Bonchev–Trinajstić information content (AvgIpc) is 2.95. The van der Waals surface area contributed by atoms with Gasteiger partial charge < -0.3 is 34.2 Å². The Morgan fingerprint density at radius 3 is 2.63 bits per heavy atom. The molecule has 1 amide bonds. The van der Waals surface area contributed by atoms with E-state index in [1.54, 1.807) is 18.2 Å². The van der Waals surface area contributed by atoms with Crippen LogP contribution in [0.15, 0.2) is 41.2 Å². The molecule has 7 atom stereocenters.